The molecule has 0 radical (unpaired) electrons. The summed E-state index contributed by atoms with van der Waals surface area (Å²) in [5.74, 6) is -4.08. The van der Waals surface area contributed by atoms with E-state index in [-0.39, 0.29) is 19.1 Å². The number of carbonyl (C=O) groups is 3. The highest BCUT2D eigenvalue weighted by atomic mass is 16.8. The highest BCUT2D eigenvalue weighted by Crippen LogP contribution is 2.84. The molecule has 10 atom stereocenters. The summed E-state index contributed by atoms with van der Waals surface area (Å²) < 4.78 is 33.7. The Balaban J connectivity index is 1.80. The summed E-state index contributed by atoms with van der Waals surface area (Å²) in [4.78, 5) is 39.4. The Morgan fingerprint density at radius 2 is 1.91 bits per heavy atom. The number of aliphatic hydroxyl groups is 2. The molecule has 5 fully saturated rings. The molecule has 3 saturated heterocycles. The van der Waals surface area contributed by atoms with Crippen LogP contribution < -0.4 is 0 Å². The van der Waals surface area contributed by atoms with E-state index in [0.717, 1.165) is 7.11 Å². The van der Waals surface area contributed by atoms with Gasteiger partial charge in [-0.15, -0.1) is 0 Å². The van der Waals surface area contributed by atoms with Crippen molar-refractivity contribution in [3.63, 3.8) is 0 Å². The summed E-state index contributed by atoms with van der Waals surface area (Å²) in [6.45, 7) is 7.13. The minimum Gasteiger partial charge on any atom is -0.469 e. The van der Waals surface area contributed by atoms with E-state index in [1.54, 1.807) is 0 Å². The summed E-state index contributed by atoms with van der Waals surface area (Å²) in [6, 6.07) is 0. The van der Waals surface area contributed by atoms with Gasteiger partial charge in [0, 0.05) is 7.11 Å². The van der Waals surface area contributed by atoms with E-state index in [9.17, 15) is 24.6 Å². The lowest BCUT2D eigenvalue weighted by Crippen LogP contribution is -2.68. The Labute approximate surface area is 196 Å². The quantitative estimate of drug-likeness (QED) is 0.306. The molecule has 2 N–H and O–H groups in total. The standard InChI is InChI=1S/C23H32O11/c1-10(15(25)30-6)22(28)12(24)8-20-13-7-11(19(2,3)4)21(20)14(31-9-29-5)16(26)33-18(21)34-23(20,22)17(27)32-13/h10-14,18,24,28H,7-9H2,1-6H3/t10-,11+,12-,13-,14+,18+,20?,21?,22-,23-/m1/s1. The topological polar surface area (TPSA) is 147 Å². The first-order valence-corrected chi connectivity index (χ1v) is 11.5. The molecule has 0 amide bonds. The molecule has 0 aromatic carbocycles. The number of esters is 3. The van der Waals surface area contributed by atoms with Crippen molar-refractivity contribution < 1.29 is 53.0 Å². The van der Waals surface area contributed by atoms with E-state index < -0.39 is 75.9 Å². The third-order valence-electron chi connectivity index (χ3n) is 9.26. The first-order chi connectivity index (χ1) is 15.8. The van der Waals surface area contributed by atoms with E-state index in [2.05, 4.69) is 0 Å². The Bertz CT molecular complexity index is 944. The van der Waals surface area contributed by atoms with Crippen LogP contribution in [0, 0.1) is 28.1 Å². The molecule has 3 heterocycles. The fraction of sp³-hybridized carbons (Fsp3) is 0.870. The van der Waals surface area contributed by atoms with Crippen molar-refractivity contribution in [3.05, 3.63) is 0 Å². The predicted octanol–water partition coefficient (Wildman–Crippen LogP) is -0.104. The molecule has 190 valence electrons. The lowest BCUT2D eigenvalue weighted by Gasteiger charge is -2.47. The first-order valence-electron chi connectivity index (χ1n) is 11.5. The molecule has 11 nitrogen and oxygen atoms in total. The summed E-state index contributed by atoms with van der Waals surface area (Å²) in [5.41, 5.74) is -7.70. The van der Waals surface area contributed by atoms with Crippen molar-refractivity contribution in [2.45, 2.75) is 76.3 Å². The lowest BCUT2D eigenvalue weighted by atomic mass is 9.51. The van der Waals surface area contributed by atoms with Crippen LogP contribution in [0.15, 0.2) is 0 Å². The Hall–Kier alpha value is -1.79. The Kier molecular flexibility index (Phi) is 4.86. The van der Waals surface area contributed by atoms with E-state index in [4.69, 9.17) is 28.4 Å². The van der Waals surface area contributed by atoms with Crippen LogP contribution in [-0.4, -0.2) is 84.9 Å². The summed E-state index contributed by atoms with van der Waals surface area (Å²) >= 11 is 0. The average Bonchev–Trinajstić information content (AvgIpc) is 3.42. The molecule has 2 spiro atoms. The van der Waals surface area contributed by atoms with E-state index in [1.165, 1.54) is 14.0 Å². The molecule has 0 bridgehead atoms. The third-order valence-corrected chi connectivity index (χ3v) is 9.26. The zero-order valence-corrected chi connectivity index (χ0v) is 20.2. The summed E-state index contributed by atoms with van der Waals surface area (Å²) in [5, 5.41) is 23.4. The van der Waals surface area contributed by atoms with Gasteiger partial charge in [-0.1, -0.05) is 20.8 Å². The van der Waals surface area contributed by atoms with E-state index >= 15 is 0 Å². The number of methoxy groups -OCH3 is 2. The number of aliphatic hydroxyl groups excluding tert-OH is 1. The highest BCUT2D eigenvalue weighted by Gasteiger charge is 3.00. The van der Waals surface area contributed by atoms with Gasteiger partial charge in [-0.25, -0.2) is 9.59 Å². The van der Waals surface area contributed by atoms with Crippen LogP contribution in [0.2, 0.25) is 0 Å². The molecular formula is C23H32O11. The van der Waals surface area contributed by atoms with Crippen LogP contribution in [0.4, 0.5) is 0 Å². The van der Waals surface area contributed by atoms with E-state index in [0.29, 0.717) is 6.42 Å². The van der Waals surface area contributed by atoms with Gasteiger partial charge in [0.05, 0.1) is 30.0 Å². The van der Waals surface area contributed by atoms with Gasteiger partial charge in [-0.2, -0.15) is 0 Å². The molecule has 11 heteroatoms. The van der Waals surface area contributed by atoms with Crippen molar-refractivity contribution >= 4 is 17.9 Å². The van der Waals surface area contributed by atoms with Gasteiger partial charge in [0.25, 0.3) is 0 Å². The maximum Gasteiger partial charge on any atom is 0.342 e. The fourth-order valence-corrected chi connectivity index (χ4v) is 8.21. The van der Waals surface area contributed by atoms with Gasteiger partial charge in [-0.3, -0.25) is 4.79 Å². The molecule has 3 aliphatic heterocycles. The maximum atomic E-state index is 13.6. The van der Waals surface area contributed by atoms with Gasteiger partial charge >= 0.3 is 17.9 Å². The van der Waals surface area contributed by atoms with Crippen LogP contribution in [0.25, 0.3) is 0 Å². The number of rotatable bonds is 5. The Morgan fingerprint density at radius 1 is 1.24 bits per heavy atom. The number of carbonyl (C=O) groups excluding carboxylic acids is 3. The zero-order valence-electron chi connectivity index (χ0n) is 20.2. The monoisotopic (exact) mass is 484 g/mol. The predicted molar refractivity (Wildman–Crippen MR) is 110 cm³/mol. The van der Waals surface area contributed by atoms with Crippen molar-refractivity contribution in [2.75, 3.05) is 21.0 Å². The van der Waals surface area contributed by atoms with Crippen molar-refractivity contribution in [2.24, 2.45) is 28.1 Å². The molecule has 5 rings (SSSR count). The number of hydrogen-bond acceptors (Lipinski definition) is 11. The van der Waals surface area contributed by atoms with Crippen LogP contribution >= 0.6 is 0 Å². The van der Waals surface area contributed by atoms with Gasteiger partial charge in [0.1, 0.15) is 18.5 Å². The third kappa shape index (κ3) is 2.16. The second-order valence-electron chi connectivity index (χ2n) is 11.3. The normalized spacial score (nSPS) is 49.4. The molecule has 2 saturated carbocycles. The molecule has 2 unspecified atom stereocenters. The van der Waals surface area contributed by atoms with Crippen molar-refractivity contribution in [1.82, 2.24) is 0 Å². The SMILES string of the molecule is COCO[C@H]1C(=O)O[C@H]2O[C@]34C(=O)O[C@@H]5C[C@@H](C(C)(C)C)C21C53C[C@@H](O)[C@]4(O)[C@H](C)C(=O)OC. The number of ether oxygens (including phenoxy) is 6. The van der Waals surface area contributed by atoms with Crippen LogP contribution in [0.5, 0.6) is 0 Å². The zero-order chi connectivity index (χ0) is 25.1. The maximum absolute atomic E-state index is 13.6. The largest absolute Gasteiger partial charge is 0.469 e. The minimum absolute atomic E-state index is 0.159. The van der Waals surface area contributed by atoms with Crippen LogP contribution in [0.3, 0.4) is 0 Å². The molecule has 2 aliphatic carbocycles. The van der Waals surface area contributed by atoms with Crippen LogP contribution in [0.1, 0.15) is 40.5 Å². The average molecular weight is 484 g/mol. The second-order valence-corrected chi connectivity index (χ2v) is 11.3. The fourth-order valence-electron chi connectivity index (χ4n) is 8.21. The second kappa shape index (κ2) is 6.91. The van der Waals surface area contributed by atoms with Crippen molar-refractivity contribution in [3.8, 4) is 0 Å². The summed E-state index contributed by atoms with van der Waals surface area (Å²) in [6.07, 6.45) is -4.62. The molecule has 0 aromatic rings. The molecule has 34 heavy (non-hydrogen) atoms. The van der Waals surface area contributed by atoms with Gasteiger partial charge in [0.2, 0.25) is 11.9 Å². The van der Waals surface area contributed by atoms with E-state index in [1.807, 2.05) is 20.8 Å². The molecule has 5 aliphatic rings. The Morgan fingerprint density at radius 3 is 2.50 bits per heavy atom. The van der Waals surface area contributed by atoms with Crippen LogP contribution in [-0.2, 0) is 42.8 Å². The highest BCUT2D eigenvalue weighted by molar-refractivity contribution is 5.92. The lowest BCUT2D eigenvalue weighted by molar-refractivity contribution is -0.253. The molecular weight excluding hydrogens is 452 g/mol. The van der Waals surface area contributed by atoms with Gasteiger partial charge in [-0.05, 0) is 31.1 Å². The molecule has 0 aromatic heterocycles. The first kappa shape index (κ1) is 23.9. The minimum atomic E-state index is -2.39. The smallest absolute Gasteiger partial charge is 0.342 e. The van der Waals surface area contributed by atoms with Crippen molar-refractivity contribution in [1.29, 1.82) is 0 Å². The van der Waals surface area contributed by atoms with Gasteiger partial charge in [0.15, 0.2) is 6.10 Å². The number of hydrogen-bond donors (Lipinski definition) is 2. The summed E-state index contributed by atoms with van der Waals surface area (Å²) in [7, 11) is 2.57. The van der Waals surface area contributed by atoms with Gasteiger partial charge < -0.3 is 38.6 Å².